The van der Waals surface area contributed by atoms with Gasteiger partial charge in [0.15, 0.2) is 0 Å². The van der Waals surface area contributed by atoms with Gasteiger partial charge in [0.25, 0.3) is 5.69 Å². The molecule has 1 aliphatic heterocycles. The summed E-state index contributed by atoms with van der Waals surface area (Å²) in [4.78, 5) is 23.8. The largest absolute Gasteiger partial charge is 0.325 e. The van der Waals surface area contributed by atoms with Gasteiger partial charge in [0.05, 0.1) is 15.0 Å². The highest BCUT2D eigenvalue weighted by Gasteiger charge is 2.23. The lowest BCUT2D eigenvalue weighted by Gasteiger charge is -2.16. The van der Waals surface area contributed by atoms with Crippen LogP contribution in [0.25, 0.3) is 0 Å². The van der Waals surface area contributed by atoms with Crippen molar-refractivity contribution in [1.82, 2.24) is 4.90 Å². The van der Waals surface area contributed by atoms with E-state index >= 15 is 0 Å². The fourth-order valence-corrected chi connectivity index (χ4v) is 2.22. The van der Waals surface area contributed by atoms with Crippen molar-refractivity contribution in [1.29, 1.82) is 0 Å². The number of amides is 2. The molecule has 0 saturated carbocycles. The van der Waals surface area contributed by atoms with Gasteiger partial charge in [0, 0.05) is 19.2 Å². The molecule has 0 aromatic heterocycles. The Bertz CT molecular complexity index is 530. The molecule has 1 aromatic carbocycles. The minimum absolute atomic E-state index is 0.0521. The Balaban J connectivity index is 2.25. The molecule has 0 unspecified atom stereocenters. The van der Waals surface area contributed by atoms with Crippen molar-refractivity contribution in [2.24, 2.45) is 0 Å². The second-order valence-corrected chi connectivity index (χ2v) is 4.98. The fourth-order valence-electron chi connectivity index (χ4n) is 1.90. The Kier molecular flexibility index (Phi) is 4.11. The molecule has 1 fully saturated rings. The average Bonchev–Trinajstić information content (AvgIpc) is 2.86. The summed E-state index contributed by atoms with van der Waals surface area (Å²) in [5, 5.41) is 13.7. The number of anilines is 1. The number of carbonyl (C=O) groups excluding carboxylic acids is 1. The lowest BCUT2D eigenvalue weighted by Crippen LogP contribution is -2.32. The number of carbonyl (C=O) groups is 1. The number of halogens is 2. The van der Waals surface area contributed by atoms with E-state index in [9.17, 15) is 14.9 Å². The number of nitro benzene ring substituents is 1. The Morgan fingerprint density at radius 3 is 2.42 bits per heavy atom. The summed E-state index contributed by atoms with van der Waals surface area (Å²) in [5.74, 6) is 0. The van der Waals surface area contributed by atoms with Crippen molar-refractivity contribution in [3.05, 3.63) is 32.3 Å². The van der Waals surface area contributed by atoms with Crippen molar-refractivity contribution in [3.8, 4) is 0 Å². The maximum absolute atomic E-state index is 11.9. The third-order valence-corrected chi connectivity index (χ3v) is 3.59. The van der Waals surface area contributed by atoms with E-state index in [1.807, 2.05) is 0 Å². The van der Waals surface area contributed by atoms with Crippen molar-refractivity contribution in [2.45, 2.75) is 12.8 Å². The van der Waals surface area contributed by atoms with Crippen molar-refractivity contribution >= 4 is 40.6 Å². The molecule has 0 aliphatic carbocycles. The Morgan fingerprint density at radius 1 is 1.26 bits per heavy atom. The van der Waals surface area contributed by atoms with Gasteiger partial charge in [0.1, 0.15) is 5.69 Å². The minimum Gasteiger partial charge on any atom is -0.325 e. The molecule has 1 N–H and O–H groups in total. The lowest BCUT2D eigenvalue weighted by molar-refractivity contribution is -0.383. The van der Waals surface area contributed by atoms with Crippen LogP contribution < -0.4 is 5.32 Å². The number of urea groups is 1. The van der Waals surface area contributed by atoms with Crippen LogP contribution in [-0.4, -0.2) is 28.9 Å². The number of nitro groups is 1. The highest BCUT2D eigenvalue weighted by molar-refractivity contribution is 6.42. The monoisotopic (exact) mass is 303 g/mol. The maximum Gasteiger partial charge on any atom is 0.322 e. The number of hydrogen-bond donors (Lipinski definition) is 1. The zero-order valence-electron chi connectivity index (χ0n) is 9.86. The van der Waals surface area contributed by atoms with E-state index in [1.54, 1.807) is 4.90 Å². The third-order valence-electron chi connectivity index (χ3n) is 2.87. The molecule has 102 valence electrons. The second-order valence-electron chi connectivity index (χ2n) is 4.16. The van der Waals surface area contributed by atoms with Crippen LogP contribution in [0.4, 0.5) is 16.2 Å². The van der Waals surface area contributed by atoms with E-state index in [2.05, 4.69) is 5.32 Å². The standard InChI is InChI=1S/C11H11Cl2N3O3/c12-7-5-9(10(16(18)19)6-8(7)13)14-11(17)15-3-1-2-4-15/h5-6H,1-4H2,(H,14,17). The lowest BCUT2D eigenvalue weighted by atomic mass is 10.2. The van der Waals surface area contributed by atoms with Crippen LogP contribution in [0.3, 0.4) is 0 Å². The highest BCUT2D eigenvalue weighted by atomic mass is 35.5. The topological polar surface area (TPSA) is 75.5 Å². The average molecular weight is 304 g/mol. The van der Waals surface area contributed by atoms with Crippen LogP contribution in [0.5, 0.6) is 0 Å². The molecule has 19 heavy (non-hydrogen) atoms. The van der Waals surface area contributed by atoms with Crippen molar-refractivity contribution in [3.63, 3.8) is 0 Å². The molecule has 1 aromatic rings. The molecule has 6 nitrogen and oxygen atoms in total. The quantitative estimate of drug-likeness (QED) is 0.671. The van der Waals surface area contributed by atoms with Gasteiger partial charge in [-0.15, -0.1) is 0 Å². The number of benzene rings is 1. The smallest absolute Gasteiger partial charge is 0.322 e. The number of hydrogen-bond acceptors (Lipinski definition) is 3. The first kappa shape index (κ1) is 13.9. The van der Waals surface area contributed by atoms with Gasteiger partial charge in [-0.1, -0.05) is 23.2 Å². The maximum atomic E-state index is 11.9. The molecule has 1 saturated heterocycles. The van der Waals surface area contributed by atoms with Gasteiger partial charge in [-0.3, -0.25) is 10.1 Å². The van der Waals surface area contributed by atoms with Crippen LogP contribution in [-0.2, 0) is 0 Å². The summed E-state index contributed by atoms with van der Waals surface area (Å²) < 4.78 is 0. The highest BCUT2D eigenvalue weighted by Crippen LogP contribution is 2.34. The molecule has 1 heterocycles. The zero-order chi connectivity index (χ0) is 14.0. The summed E-state index contributed by atoms with van der Waals surface area (Å²) in [6, 6.07) is 2.05. The predicted octanol–water partition coefficient (Wildman–Crippen LogP) is 3.53. The summed E-state index contributed by atoms with van der Waals surface area (Å²) in [5.41, 5.74) is -0.224. The van der Waals surface area contributed by atoms with E-state index in [0.29, 0.717) is 13.1 Å². The van der Waals surface area contributed by atoms with Crippen LogP contribution in [0.1, 0.15) is 12.8 Å². The van der Waals surface area contributed by atoms with Gasteiger partial charge >= 0.3 is 6.03 Å². The summed E-state index contributed by atoms with van der Waals surface area (Å²) >= 11 is 11.5. The first-order chi connectivity index (χ1) is 8.99. The van der Waals surface area contributed by atoms with E-state index in [0.717, 1.165) is 18.9 Å². The Morgan fingerprint density at radius 2 is 1.84 bits per heavy atom. The van der Waals surface area contributed by atoms with Gasteiger partial charge < -0.3 is 10.2 Å². The van der Waals surface area contributed by atoms with Gasteiger partial charge in [0.2, 0.25) is 0 Å². The first-order valence-electron chi connectivity index (χ1n) is 5.68. The molecule has 8 heteroatoms. The van der Waals surface area contributed by atoms with Gasteiger partial charge in [-0.05, 0) is 18.9 Å². The second kappa shape index (κ2) is 5.63. The Hall–Kier alpha value is -1.53. The van der Waals surface area contributed by atoms with Crippen molar-refractivity contribution < 1.29 is 9.72 Å². The summed E-state index contributed by atoms with van der Waals surface area (Å²) in [6.07, 6.45) is 1.88. The van der Waals surface area contributed by atoms with Crippen LogP contribution in [0.15, 0.2) is 12.1 Å². The van der Waals surface area contributed by atoms with Crippen LogP contribution >= 0.6 is 23.2 Å². The first-order valence-corrected chi connectivity index (χ1v) is 6.44. The fraction of sp³-hybridized carbons (Fsp3) is 0.364. The number of nitrogens with one attached hydrogen (secondary N) is 1. The zero-order valence-corrected chi connectivity index (χ0v) is 11.4. The number of rotatable bonds is 2. The van der Waals surface area contributed by atoms with Gasteiger partial charge in [-0.25, -0.2) is 4.79 Å². The molecule has 2 amide bonds. The molecular weight excluding hydrogens is 293 g/mol. The van der Waals surface area contributed by atoms with E-state index in [-0.39, 0.29) is 27.5 Å². The van der Waals surface area contributed by atoms with E-state index in [4.69, 9.17) is 23.2 Å². The molecule has 2 rings (SSSR count). The van der Waals surface area contributed by atoms with Crippen molar-refractivity contribution in [2.75, 3.05) is 18.4 Å². The van der Waals surface area contributed by atoms with Gasteiger partial charge in [-0.2, -0.15) is 0 Å². The predicted molar refractivity (Wildman–Crippen MR) is 72.9 cm³/mol. The number of likely N-dealkylation sites (tertiary alicyclic amines) is 1. The molecule has 0 bridgehead atoms. The normalized spacial score (nSPS) is 14.5. The van der Waals surface area contributed by atoms with E-state index in [1.165, 1.54) is 6.07 Å². The number of nitrogens with zero attached hydrogens (tertiary/aromatic N) is 2. The third kappa shape index (κ3) is 3.08. The minimum atomic E-state index is -0.609. The SMILES string of the molecule is O=C(Nc1cc(Cl)c(Cl)cc1[N+](=O)[O-])N1CCCC1. The molecular formula is C11H11Cl2N3O3. The summed E-state index contributed by atoms with van der Waals surface area (Å²) in [6.45, 7) is 1.31. The molecule has 0 atom stereocenters. The van der Waals surface area contributed by atoms with E-state index < -0.39 is 4.92 Å². The molecule has 0 spiro atoms. The molecule has 0 radical (unpaired) electrons. The molecule has 1 aliphatic rings. The van der Waals surface area contributed by atoms with Crippen LogP contribution in [0, 0.1) is 10.1 Å². The van der Waals surface area contributed by atoms with Crippen LogP contribution in [0.2, 0.25) is 10.0 Å². The summed E-state index contributed by atoms with van der Waals surface area (Å²) in [7, 11) is 0. The Labute approximate surface area is 119 Å².